The monoisotopic (exact) mass is 423 g/mol. The maximum absolute atomic E-state index is 15.0. The lowest BCUT2D eigenvalue weighted by molar-refractivity contribution is -0.155. The maximum Gasteiger partial charge on any atom is 0.233 e. The van der Waals surface area contributed by atoms with Gasteiger partial charge in [-0.05, 0) is 19.3 Å². The van der Waals surface area contributed by atoms with Crippen LogP contribution in [0, 0.1) is 24.6 Å². The fourth-order valence-electron chi connectivity index (χ4n) is 4.20. The van der Waals surface area contributed by atoms with Crippen molar-refractivity contribution in [3.8, 4) is 0 Å². The molecule has 10 heteroatoms. The number of hydrogen-bond donors (Lipinski definition) is 2. The van der Waals surface area contributed by atoms with Gasteiger partial charge in [0.15, 0.2) is 11.6 Å². The molecule has 1 aliphatic carbocycles. The second-order valence-corrected chi connectivity index (χ2v) is 7.98. The Morgan fingerprint density at radius 3 is 2.73 bits per heavy atom. The van der Waals surface area contributed by atoms with E-state index < -0.39 is 11.7 Å². The second kappa shape index (κ2) is 10.6. The Morgan fingerprint density at radius 2 is 2.07 bits per heavy atom. The molecule has 1 atom stereocenters. The number of morpholine rings is 1. The Kier molecular flexibility index (Phi) is 7.92. The maximum atomic E-state index is 15.0. The van der Waals surface area contributed by atoms with Gasteiger partial charge < -0.3 is 15.0 Å². The van der Waals surface area contributed by atoms with Crippen molar-refractivity contribution in [2.75, 3.05) is 37.7 Å². The molecule has 0 aromatic carbocycles. The smallest absolute Gasteiger partial charge is 0.233 e. The van der Waals surface area contributed by atoms with E-state index in [1.165, 1.54) is 0 Å². The Labute approximate surface area is 175 Å². The number of aromatic nitrogens is 2. The summed E-state index contributed by atoms with van der Waals surface area (Å²) in [7, 11) is 0. The van der Waals surface area contributed by atoms with E-state index in [1.807, 2.05) is 4.90 Å². The first-order chi connectivity index (χ1) is 14.5. The Hall–Kier alpha value is -2.33. The normalized spacial score (nSPS) is 18.3. The molecule has 3 rings (SSSR count). The zero-order chi connectivity index (χ0) is 21.5. The molecule has 1 saturated heterocycles. The summed E-state index contributed by atoms with van der Waals surface area (Å²) < 4.78 is 20.3. The van der Waals surface area contributed by atoms with E-state index in [4.69, 9.17) is 4.74 Å². The topological polar surface area (TPSA) is 108 Å². The van der Waals surface area contributed by atoms with Gasteiger partial charge in [-0.15, -0.1) is 0 Å². The van der Waals surface area contributed by atoms with E-state index in [9.17, 15) is 14.8 Å². The van der Waals surface area contributed by atoms with Gasteiger partial charge in [0.05, 0.1) is 32.2 Å². The molecule has 1 aromatic heterocycles. The van der Waals surface area contributed by atoms with Crippen molar-refractivity contribution in [3.05, 3.63) is 17.3 Å². The number of nitrogens with zero attached hydrogens (tertiary/aromatic N) is 4. The standard InChI is InChI=1S/C20H30FN5O4/c1-14-23-17(18(21)19(24-14)25-6-8-30-9-7-25)11-22-20(28)16(12-26(29)13-27)10-15-4-2-3-5-15/h13,15-16,29H,2-12H2,1H3,(H,22,28)/t16-/m1/s1. The van der Waals surface area contributed by atoms with E-state index in [1.54, 1.807) is 6.92 Å². The number of carbonyl (C=O) groups is 2. The van der Waals surface area contributed by atoms with Crippen LogP contribution >= 0.6 is 0 Å². The van der Waals surface area contributed by atoms with Crippen LogP contribution in [0.5, 0.6) is 0 Å². The number of halogens is 1. The average molecular weight is 423 g/mol. The van der Waals surface area contributed by atoms with Gasteiger partial charge in [-0.25, -0.2) is 19.4 Å². The number of carbonyl (C=O) groups excluding carboxylic acids is 2. The molecular formula is C20H30FN5O4. The van der Waals surface area contributed by atoms with E-state index in [0.29, 0.717) is 49.5 Å². The SMILES string of the molecule is Cc1nc(CNC(=O)[C@H](CC2CCCC2)CN(O)C=O)c(F)c(N2CCOCC2)n1. The molecule has 1 aliphatic heterocycles. The van der Waals surface area contributed by atoms with Gasteiger partial charge >= 0.3 is 0 Å². The van der Waals surface area contributed by atoms with Crippen LogP contribution in [0.4, 0.5) is 10.2 Å². The van der Waals surface area contributed by atoms with Crippen molar-refractivity contribution in [1.82, 2.24) is 20.3 Å². The molecule has 2 heterocycles. The van der Waals surface area contributed by atoms with Crippen LogP contribution in [-0.2, 0) is 20.9 Å². The molecule has 2 amide bonds. The average Bonchev–Trinajstić information content (AvgIpc) is 3.27. The van der Waals surface area contributed by atoms with Crippen LogP contribution in [0.3, 0.4) is 0 Å². The van der Waals surface area contributed by atoms with Crippen molar-refractivity contribution >= 4 is 18.1 Å². The molecule has 30 heavy (non-hydrogen) atoms. The highest BCUT2D eigenvalue weighted by molar-refractivity contribution is 5.79. The summed E-state index contributed by atoms with van der Waals surface area (Å²) in [4.78, 5) is 33.8. The van der Waals surface area contributed by atoms with Crippen LogP contribution in [0.25, 0.3) is 0 Å². The minimum absolute atomic E-state index is 0.0843. The van der Waals surface area contributed by atoms with Gasteiger partial charge in [0.2, 0.25) is 12.3 Å². The molecule has 2 aliphatic rings. The van der Waals surface area contributed by atoms with Gasteiger partial charge in [-0.1, -0.05) is 25.7 Å². The lowest BCUT2D eigenvalue weighted by atomic mass is 9.92. The van der Waals surface area contributed by atoms with Crippen LogP contribution in [-0.4, -0.2) is 65.4 Å². The number of ether oxygens (including phenoxy) is 1. The van der Waals surface area contributed by atoms with Gasteiger partial charge in [-0.3, -0.25) is 14.8 Å². The summed E-state index contributed by atoms with van der Waals surface area (Å²) in [6.07, 6.45) is 5.21. The number of amides is 2. The molecule has 2 fully saturated rings. The molecule has 2 N–H and O–H groups in total. The number of aryl methyl sites for hydroxylation is 1. The summed E-state index contributed by atoms with van der Waals surface area (Å²) in [5.41, 5.74) is 0.119. The lowest BCUT2D eigenvalue weighted by Gasteiger charge is -2.28. The van der Waals surface area contributed by atoms with Crippen LogP contribution in [0.1, 0.15) is 43.6 Å². The fourth-order valence-corrected chi connectivity index (χ4v) is 4.20. The molecule has 0 bridgehead atoms. The highest BCUT2D eigenvalue weighted by atomic mass is 19.1. The van der Waals surface area contributed by atoms with Crippen molar-refractivity contribution < 1.29 is 23.9 Å². The molecule has 0 radical (unpaired) electrons. The first-order valence-electron chi connectivity index (χ1n) is 10.5. The highest BCUT2D eigenvalue weighted by Gasteiger charge is 2.27. The Balaban J connectivity index is 1.67. The van der Waals surface area contributed by atoms with E-state index in [2.05, 4.69) is 15.3 Å². The van der Waals surface area contributed by atoms with E-state index in [-0.39, 0.29) is 36.9 Å². The number of anilines is 1. The Morgan fingerprint density at radius 1 is 1.37 bits per heavy atom. The summed E-state index contributed by atoms with van der Waals surface area (Å²) in [6.45, 7) is 3.61. The van der Waals surface area contributed by atoms with Crippen LogP contribution < -0.4 is 10.2 Å². The summed E-state index contributed by atoms with van der Waals surface area (Å²) >= 11 is 0. The molecular weight excluding hydrogens is 393 g/mol. The third kappa shape index (κ3) is 5.85. The van der Waals surface area contributed by atoms with Gasteiger partial charge in [0.25, 0.3) is 0 Å². The predicted octanol–water partition coefficient (Wildman–Crippen LogP) is 1.42. The van der Waals surface area contributed by atoms with Crippen molar-refractivity contribution in [3.63, 3.8) is 0 Å². The third-order valence-electron chi connectivity index (χ3n) is 5.75. The van der Waals surface area contributed by atoms with Crippen LogP contribution in [0.2, 0.25) is 0 Å². The molecule has 0 unspecified atom stereocenters. The summed E-state index contributed by atoms with van der Waals surface area (Å²) in [5.74, 6) is -0.398. The molecule has 1 saturated carbocycles. The van der Waals surface area contributed by atoms with E-state index in [0.717, 1.165) is 25.7 Å². The van der Waals surface area contributed by atoms with Gasteiger partial charge in [-0.2, -0.15) is 0 Å². The first kappa shape index (κ1) is 22.4. The second-order valence-electron chi connectivity index (χ2n) is 7.98. The number of hydrogen-bond acceptors (Lipinski definition) is 7. The molecule has 0 spiro atoms. The van der Waals surface area contributed by atoms with Crippen LogP contribution in [0.15, 0.2) is 0 Å². The summed E-state index contributed by atoms with van der Waals surface area (Å²) in [5, 5.41) is 12.8. The zero-order valence-electron chi connectivity index (χ0n) is 17.3. The summed E-state index contributed by atoms with van der Waals surface area (Å²) in [6, 6.07) is 0. The fraction of sp³-hybridized carbons (Fsp3) is 0.700. The van der Waals surface area contributed by atoms with Gasteiger partial charge in [0, 0.05) is 13.1 Å². The van der Waals surface area contributed by atoms with Crippen molar-refractivity contribution in [2.45, 2.75) is 45.6 Å². The number of nitrogens with one attached hydrogen (secondary N) is 1. The zero-order valence-corrected chi connectivity index (χ0v) is 17.3. The third-order valence-corrected chi connectivity index (χ3v) is 5.75. The lowest BCUT2D eigenvalue weighted by Crippen LogP contribution is -2.39. The molecule has 166 valence electrons. The first-order valence-corrected chi connectivity index (χ1v) is 10.5. The molecule has 1 aromatic rings. The van der Waals surface area contributed by atoms with E-state index >= 15 is 4.39 Å². The molecule has 9 nitrogen and oxygen atoms in total. The number of rotatable bonds is 9. The van der Waals surface area contributed by atoms with Gasteiger partial charge in [0.1, 0.15) is 11.5 Å². The largest absolute Gasteiger partial charge is 0.378 e. The minimum atomic E-state index is -0.562. The predicted molar refractivity (Wildman–Crippen MR) is 106 cm³/mol. The minimum Gasteiger partial charge on any atom is -0.378 e. The van der Waals surface area contributed by atoms with Crippen molar-refractivity contribution in [1.29, 1.82) is 0 Å². The quantitative estimate of drug-likeness (QED) is 0.351. The Bertz CT molecular complexity index is 738. The van der Waals surface area contributed by atoms with Crippen molar-refractivity contribution in [2.24, 2.45) is 11.8 Å². The highest BCUT2D eigenvalue weighted by Crippen LogP contribution is 2.30. The number of hydroxylamine groups is 2.